The van der Waals surface area contributed by atoms with Crippen LogP contribution in [-0.2, 0) is 0 Å². The van der Waals surface area contributed by atoms with Crippen molar-refractivity contribution >= 4 is 21.9 Å². The topological polar surface area (TPSA) is 117 Å². The summed E-state index contributed by atoms with van der Waals surface area (Å²) in [5, 5.41) is 16.3. The van der Waals surface area contributed by atoms with Gasteiger partial charge in [-0.05, 0) is 25.1 Å². The predicted molar refractivity (Wildman–Crippen MR) is 108 cm³/mol. The SMILES string of the molecule is Cc1cn(-c2nccc3[nH]c(-c4n[nH]c5ncc(-c6cn[nH]c6)cc45)cc23)cn1. The highest BCUT2D eigenvalue weighted by molar-refractivity contribution is 5.97. The van der Waals surface area contributed by atoms with Gasteiger partial charge in [-0.15, -0.1) is 0 Å². The van der Waals surface area contributed by atoms with Crippen LogP contribution in [0.5, 0.6) is 0 Å². The summed E-state index contributed by atoms with van der Waals surface area (Å²) in [5.41, 5.74) is 6.30. The van der Waals surface area contributed by atoms with E-state index >= 15 is 0 Å². The molecule has 0 aliphatic rings. The van der Waals surface area contributed by atoms with E-state index in [9.17, 15) is 0 Å². The van der Waals surface area contributed by atoms with Crippen molar-refractivity contribution in [2.24, 2.45) is 0 Å². The number of hydrogen-bond donors (Lipinski definition) is 3. The Morgan fingerprint density at radius 2 is 1.97 bits per heavy atom. The van der Waals surface area contributed by atoms with Gasteiger partial charge in [-0.3, -0.25) is 14.8 Å². The molecule has 0 radical (unpaired) electrons. The third-order valence-electron chi connectivity index (χ3n) is 4.99. The fourth-order valence-electron chi connectivity index (χ4n) is 3.58. The minimum atomic E-state index is 0.731. The van der Waals surface area contributed by atoms with Gasteiger partial charge < -0.3 is 4.98 Å². The van der Waals surface area contributed by atoms with Crippen LogP contribution in [-0.4, -0.2) is 44.9 Å². The first-order chi connectivity index (χ1) is 14.3. The summed E-state index contributed by atoms with van der Waals surface area (Å²) in [5.74, 6) is 0.822. The van der Waals surface area contributed by atoms with Gasteiger partial charge >= 0.3 is 0 Å². The first kappa shape index (κ1) is 15.8. The van der Waals surface area contributed by atoms with E-state index in [2.05, 4.69) is 52.5 Å². The second kappa shape index (κ2) is 5.86. The van der Waals surface area contributed by atoms with E-state index in [4.69, 9.17) is 0 Å². The summed E-state index contributed by atoms with van der Waals surface area (Å²) in [4.78, 5) is 16.8. The summed E-state index contributed by atoms with van der Waals surface area (Å²) in [7, 11) is 0. The maximum atomic E-state index is 4.55. The summed E-state index contributed by atoms with van der Waals surface area (Å²) < 4.78 is 1.93. The van der Waals surface area contributed by atoms with Crippen LogP contribution < -0.4 is 0 Å². The third kappa shape index (κ3) is 2.44. The van der Waals surface area contributed by atoms with Crippen LogP contribution >= 0.6 is 0 Å². The zero-order valence-electron chi connectivity index (χ0n) is 15.4. The maximum absolute atomic E-state index is 4.55. The Bertz CT molecular complexity index is 1470. The standard InChI is InChI=1S/C20H15N9/c1-11-9-29(10-23-11)20-14-5-17(26-16(14)2-3-21-20)18-15-4-12(13-7-24-25-8-13)6-22-19(15)28-27-18/h2-10,26H,1H3,(H,24,25)(H,22,27,28). The number of hydrogen-bond acceptors (Lipinski definition) is 5. The van der Waals surface area contributed by atoms with Crippen molar-refractivity contribution < 1.29 is 0 Å². The number of pyridine rings is 2. The van der Waals surface area contributed by atoms with Gasteiger partial charge in [0.05, 0.1) is 23.1 Å². The number of nitrogens with one attached hydrogen (secondary N) is 3. The highest BCUT2D eigenvalue weighted by Crippen LogP contribution is 2.31. The van der Waals surface area contributed by atoms with E-state index in [1.807, 2.05) is 36.1 Å². The molecular weight excluding hydrogens is 366 g/mol. The Labute approximate surface area is 163 Å². The molecule has 29 heavy (non-hydrogen) atoms. The van der Waals surface area contributed by atoms with E-state index in [0.29, 0.717) is 0 Å². The van der Waals surface area contributed by atoms with E-state index < -0.39 is 0 Å². The molecule has 0 unspecified atom stereocenters. The van der Waals surface area contributed by atoms with E-state index in [1.54, 1.807) is 18.7 Å². The van der Waals surface area contributed by atoms with E-state index in [0.717, 1.165) is 56.0 Å². The lowest BCUT2D eigenvalue weighted by molar-refractivity contribution is 1.01. The number of aromatic amines is 3. The van der Waals surface area contributed by atoms with Crippen LogP contribution in [0.4, 0.5) is 0 Å². The number of fused-ring (bicyclic) bond motifs is 2. The third-order valence-corrected chi connectivity index (χ3v) is 4.99. The molecule has 6 aromatic heterocycles. The van der Waals surface area contributed by atoms with Crippen LogP contribution in [0.25, 0.3) is 50.3 Å². The fourth-order valence-corrected chi connectivity index (χ4v) is 3.58. The highest BCUT2D eigenvalue weighted by atomic mass is 15.2. The predicted octanol–water partition coefficient (Wildman–Crippen LogP) is 3.39. The molecule has 3 N–H and O–H groups in total. The van der Waals surface area contributed by atoms with Gasteiger partial charge in [-0.1, -0.05) is 0 Å². The monoisotopic (exact) mass is 381 g/mol. The van der Waals surface area contributed by atoms with Gasteiger partial charge in [0.15, 0.2) is 5.65 Å². The zero-order valence-corrected chi connectivity index (χ0v) is 15.4. The molecule has 6 heterocycles. The molecule has 0 saturated heterocycles. The number of aryl methyl sites for hydroxylation is 1. The normalized spacial score (nSPS) is 11.6. The fraction of sp³-hybridized carbons (Fsp3) is 0.0500. The van der Waals surface area contributed by atoms with Gasteiger partial charge in [0.2, 0.25) is 0 Å². The van der Waals surface area contributed by atoms with Gasteiger partial charge in [0.25, 0.3) is 0 Å². The first-order valence-electron chi connectivity index (χ1n) is 9.08. The summed E-state index contributed by atoms with van der Waals surface area (Å²) in [6, 6.07) is 6.08. The Kier molecular flexibility index (Phi) is 3.19. The molecule has 0 atom stereocenters. The Balaban J connectivity index is 1.53. The number of aromatic nitrogens is 9. The molecule has 0 amide bonds. The van der Waals surface area contributed by atoms with Crippen LogP contribution in [0.1, 0.15) is 5.69 Å². The van der Waals surface area contributed by atoms with Crippen molar-refractivity contribution in [2.75, 3.05) is 0 Å². The van der Waals surface area contributed by atoms with Crippen molar-refractivity contribution in [1.29, 1.82) is 0 Å². The second-order valence-corrected chi connectivity index (χ2v) is 6.88. The quantitative estimate of drug-likeness (QED) is 0.434. The van der Waals surface area contributed by atoms with E-state index in [-0.39, 0.29) is 0 Å². The van der Waals surface area contributed by atoms with Crippen LogP contribution in [0.15, 0.2) is 55.5 Å². The summed E-state index contributed by atoms with van der Waals surface area (Å²) >= 11 is 0. The lowest BCUT2D eigenvalue weighted by Gasteiger charge is -2.01. The molecule has 0 aliphatic heterocycles. The van der Waals surface area contributed by atoms with Crippen molar-refractivity contribution in [3.63, 3.8) is 0 Å². The molecule has 6 aromatic rings. The average molecular weight is 381 g/mol. The average Bonchev–Trinajstić information content (AvgIpc) is 3.51. The molecule has 0 aliphatic carbocycles. The molecule has 0 saturated carbocycles. The smallest absolute Gasteiger partial charge is 0.155 e. The van der Waals surface area contributed by atoms with Gasteiger partial charge in [-0.2, -0.15) is 10.2 Å². The molecule has 6 rings (SSSR count). The number of imidazole rings is 1. The molecule has 0 bridgehead atoms. The Morgan fingerprint density at radius 1 is 1.00 bits per heavy atom. The molecular formula is C20H15N9. The minimum absolute atomic E-state index is 0.731. The van der Waals surface area contributed by atoms with Gasteiger partial charge in [0, 0.05) is 46.7 Å². The molecule has 0 fully saturated rings. The maximum Gasteiger partial charge on any atom is 0.155 e. The molecule has 9 nitrogen and oxygen atoms in total. The highest BCUT2D eigenvalue weighted by Gasteiger charge is 2.15. The lowest BCUT2D eigenvalue weighted by Crippen LogP contribution is -1.94. The van der Waals surface area contributed by atoms with Crippen LogP contribution in [0.3, 0.4) is 0 Å². The Hall–Kier alpha value is -4.27. The molecule has 0 spiro atoms. The Morgan fingerprint density at radius 3 is 2.79 bits per heavy atom. The number of rotatable bonds is 3. The molecule has 0 aromatic carbocycles. The minimum Gasteiger partial charge on any atom is -0.353 e. The van der Waals surface area contributed by atoms with Gasteiger partial charge in [0.1, 0.15) is 17.8 Å². The first-order valence-corrected chi connectivity index (χ1v) is 9.08. The van der Waals surface area contributed by atoms with Gasteiger partial charge in [-0.25, -0.2) is 15.0 Å². The molecule has 9 heteroatoms. The molecule has 140 valence electrons. The van der Waals surface area contributed by atoms with Crippen molar-refractivity contribution in [3.8, 4) is 28.3 Å². The van der Waals surface area contributed by atoms with Crippen LogP contribution in [0, 0.1) is 6.92 Å². The van der Waals surface area contributed by atoms with Crippen molar-refractivity contribution in [2.45, 2.75) is 6.92 Å². The van der Waals surface area contributed by atoms with Crippen molar-refractivity contribution in [1.82, 2.24) is 44.9 Å². The van der Waals surface area contributed by atoms with Crippen molar-refractivity contribution in [3.05, 3.63) is 61.2 Å². The summed E-state index contributed by atoms with van der Waals surface area (Å²) in [6.45, 7) is 1.96. The number of nitrogens with zero attached hydrogens (tertiary/aromatic N) is 6. The largest absolute Gasteiger partial charge is 0.353 e. The number of H-pyrrole nitrogens is 3. The zero-order chi connectivity index (χ0) is 19.4. The lowest BCUT2D eigenvalue weighted by atomic mass is 10.1. The van der Waals surface area contributed by atoms with Crippen LogP contribution in [0.2, 0.25) is 0 Å². The van der Waals surface area contributed by atoms with E-state index in [1.165, 1.54) is 0 Å². The second-order valence-electron chi connectivity index (χ2n) is 6.88. The summed E-state index contributed by atoms with van der Waals surface area (Å²) in [6.07, 6.45) is 10.9.